The molecule has 0 saturated carbocycles. The molecule has 35 heavy (non-hydrogen) atoms. The Morgan fingerprint density at radius 3 is 2.17 bits per heavy atom. The van der Waals surface area contributed by atoms with Crippen LogP contribution >= 0.6 is 0 Å². The van der Waals surface area contributed by atoms with Crippen molar-refractivity contribution in [3.8, 4) is 0 Å². The first-order chi connectivity index (χ1) is 16.6. The van der Waals surface area contributed by atoms with Crippen LogP contribution in [0.3, 0.4) is 0 Å². The summed E-state index contributed by atoms with van der Waals surface area (Å²) in [6.07, 6.45) is 2.89. The lowest BCUT2D eigenvalue weighted by Gasteiger charge is -2.21. The SMILES string of the molecule is C[C@H](NC(=O)CCN)C(=O)N[C@@H](CCCNC(N)=O)C(=O)Nc1ccc(N2C(=O)C=CC2=O)cc1. The van der Waals surface area contributed by atoms with Crippen LogP contribution in [-0.4, -0.2) is 60.7 Å². The van der Waals surface area contributed by atoms with Crippen molar-refractivity contribution in [2.45, 2.75) is 38.3 Å². The molecule has 8 N–H and O–H groups in total. The molecule has 0 spiro atoms. The van der Waals surface area contributed by atoms with Crippen LogP contribution in [0.2, 0.25) is 0 Å². The number of urea groups is 1. The quantitative estimate of drug-likeness (QED) is 0.157. The Bertz CT molecular complexity index is 990. The molecular formula is C22H29N7O6. The van der Waals surface area contributed by atoms with Crippen LogP contribution in [0, 0.1) is 0 Å². The van der Waals surface area contributed by atoms with Gasteiger partial charge in [0, 0.05) is 37.3 Å². The number of imide groups is 1. The first kappa shape index (κ1) is 27.0. The summed E-state index contributed by atoms with van der Waals surface area (Å²) < 4.78 is 0. The van der Waals surface area contributed by atoms with Gasteiger partial charge in [-0.1, -0.05) is 0 Å². The topological polar surface area (TPSA) is 206 Å². The number of nitrogens with zero attached hydrogens (tertiary/aromatic N) is 1. The number of amides is 7. The molecule has 1 aromatic rings. The van der Waals surface area contributed by atoms with Crippen LogP contribution in [-0.2, 0) is 24.0 Å². The Labute approximate surface area is 201 Å². The minimum Gasteiger partial charge on any atom is -0.352 e. The number of nitrogens with one attached hydrogen (secondary N) is 4. The van der Waals surface area contributed by atoms with Crippen LogP contribution in [0.25, 0.3) is 0 Å². The smallest absolute Gasteiger partial charge is 0.312 e. The number of benzene rings is 1. The Morgan fingerprint density at radius 1 is 0.971 bits per heavy atom. The summed E-state index contributed by atoms with van der Waals surface area (Å²) in [7, 11) is 0. The molecule has 13 nitrogen and oxygen atoms in total. The van der Waals surface area contributed by atoms with Crippen LogP contribution < -0.4 is 37.6 Å². The van der Waals surface area contributed by atoms with Crippen LogP contribution in [0.5, 0.6) is 0 Å². The van der Waals surface area contributed by atoms with Crippen molar-refractivity contribution in [3.05, 3.63) is 36.4 Å². The Kier molecular flexibility index (Phi) is 9.90. The second-order valence-electron chi connectivity index (χ2n) is 7.70. The molecule has 0 aromatic heterocycles. The molecule has 188 valence electrons. The molecule has 2 atom stereocenters. The molecule has 1 aliphatic heterocycles. The summed E-state index contributed by atoms with van der Waals surface area (Å²) in [6, 6.07) is 3.41. The van der Waals surface area contributed by atoms with E-state index >= 15 is 0 Å². The number of nitrogens with two attached hydrogens (primary N) is 2. The molecule has 1 heterocycles. The number of rotatable bonds is 12. The van der Waals surface area contributed by atoms with E-state index in [0.717, 1.165) is 17.1 Å². The number of hydrogen-bond donors (Lipinski definition) is 6. The Morgan fingerprint density at radius 2 is 1.60 bits per heavy atom. The fraction of sp³-hybridized carbons (Fsp3) is 0.364. The van der Waals surface area contributed by atoms with E-state index < -0.39 is 47.7 Å². The van der Waals surface area contributed by atoms with E-state index in [-0.39, 0.29) is 25.9 Å². The highest BCUT2D eigenvalue weighted by Crippen LogP contribution is 2.21. The van der Waals surface area contributed by atoms with Gasteiger partial charge in [-0.2, -0.15) is 0 Å². The molecule has 0 radical (unpaired) electrons. The van der Waals surface area contributed by atoms with Crippen molar-refractivity contribution in [1.29, 1.82) is 0 Å². The van der Waals surface area contributed by atoms with Gasteiger partial charge in [0.1, 0.15) is 12.1 Å². The molecule has 0 unspecified atom stereocenters. The number of primary amides is 1. The molecular weight excluding hydrogens is 458 g/mol. The molecule has 13 heteroatoms. The third kappa shape index (κ3) is 8.23. The van der Waals surface area contributed by atoms with Gasteiger partial charge in [-0.15, -0.1) is 0 Å². The summed E-state index contributed by atoms with van der Waals surface area (Å²) in [4.78, 5) is 72.6. The van der Waals surface area contributed by atoms with Gasteiger partial charge in [-0.3, -0.25) is 24.0 Å². The van der Waals surface area contributed by atoms with Crippen molar-refractivity contribution < 1.29 is 28.8 Å². The van der Waals surface area contributed by atoms with Crippen molar-refractivity contribution in [2.75, 3.05) is 23.3 Å². The van der Waals surface area contributed by atoms with E-state index in [2.05, 4.69) is 21.3 Å². The molecule has 0 saturated heterocycles. The van der Waals surface area contributed by atoms with Gasteiger partial charge in [-0.05, 0) is 44.0 Å². The highest BCUT2D eigenvalue weighted by atomic mass is 16.2. The minimum atomic E-state index is -0.989. The lowest BCUT2D eigenvalue weighted by molar-refractivity contribution is -0.130. The van der Waals surface area contributed by atoms with Crippen molar-refractivity contribution in [2.24, 2.45) is 11.5 Å². The maximum atomic E-state index is 12.9. The average Bonchev–Trinajstić information content (AvgIpc) is 3.14. The fourth-order valence-electron chi connectivity index (χ4n) is 3.17. The number of carbonyl (C=O) groups excluding carboxylic acids is 6. The Hall–Kier alpha value is -4.26. The normalized spacial score (nSPS) is 14.3. The highest BCUT2D eigenvalue weighted by Gasteiger charge is 2.26. The van der Waals surface area contributed by atoms with Gasteiger partial charge in [0.25, 0.3) is 11.8 Å². The third-order valence-electron chi connectivity index (χ3n) is 4.95. The van der Waals surface area contributed by atoms with Crippen LogP contribution in [0.1, 0.15) is 26.2 Å². The standard InChI is InChI=1S/C22H29N7O6/c1-13(26-17(30)10-11-23)20(33)28-16(3-2-12-25-22(24)35)21(34)27-14-4-6-15(7-5-14)29-18(31)8-9-19(29)32/h4-9,13,16H,2-3,10-12,23H2,1H3,(H,26,30)(H,27,34)(H,28,33)(H3,24,25,35)/t13-,16-/m0/s1. The average molecular weight is 488 g/mol. The van der Waals surface area contributed by atoms with Gasteiger partial charge in [0.15, 0.2) is 0 Å². The fourth-order valence-corrected chi connectivity index (χ4v) is 3.17. The van der Waals surface area contributed by atoms with E-state index in [1.54, 1.807) is 0 Å². The number of anilines is 2. The van der Waals surface area contributed by atoms with Gasteiger partial charge in [0.2, 0.25) is 17.7 Å². The maximum absolute atomic E-state index is 12.9. The summed E-state index contributed by atoms with van der Waals surface area (Å²) in [5.41, 5.74) is 11.1. The van der Waals surface area contributed by atoms with Gasteiger partial charge < -0.3 is 32.7 Å². The van der Waals surface area contributed by atoms with E-state index in [1.165, 1.54) is 31.2 Å². The summed E-state index contributed by atoms with van der Waals surface area (Å²) in [5, 5.41) is 10.2. The predicted molar refractivity (Wildman–Crippen MR) is 127 cm³/mol. The van der Waals surface area contributed by atoms with E-state index in [9.17, 15) is 28.8 Å². The first-order valence-electron chi connectivity index (χ1n) is 10.9. The minimum absolute atomic E-state index is 0.0565. The van der Waals surface area contributed by atoms with Gasteiger partial charge in [0.05, 0.1) is 5.69 Å². The van der Waals surface area contributed by atoms with Crippen molar-refractivity contribution in [3.63, 3.8) is 0 Å². The largest absolute Gasteiger partial charge is 0.352 e. The second-order valence-corrected chi connectivity index (χ2v) is 7.70. The molecule has 2 rings (SSSR count). The second kappa shape index (κ2) is 12.8. The lowest BCUT2D eigenvalue weighted by Crippen LogP contribution is -2.51. The summed E-state index contributed by atoms with van der Waals surface area (Å²) in [6.45, 7) is 1.80. The zero-order chi connectivity index (χ0) is 26.0. The van der Waals surface area contributed by atoms with E-state index in [1.807, 2.05) is 0 Å². The lowest BCUT2D eigenvalue weighted by atomic mass is 10.1. The molecule has 0 bridgehead atoms. The molecule has 0 fully saturated rings. The highest BCUT2D eigenvalue weighted by molar-refractivity contribution is 6.28. The summed E-state index contributed by atoms with van der Waals surface area (Å²) in [5.74, 6) is -2.45. The molecule has 7 amide bonds. The third-order valence-corrected chi connectivity index (χ3v) is 4.95. The number of carbonyl (C=O) groups is 6. The monoisotopic (exact) mass is 487 g/mol. The zero-order valence-electron chi connectivity index (χ0n) is 19.2. The summed E-state index contributed by atoms with van der Waals surface area (Å²) >= 11 is 0. The Balaban J connectivity index is 2.04. The van der Waals surface area contributed by atoms with Crippen LogP contribution in [0.4, 0.5) is 16.2 Å². The van der Waals surface area contributed by atoms with Gasteiger partial charge >= 0.3 is 6.03 Å². The van der Waals surface area contributed by atoms with Crippen molar-refractivity contribution in [1.82, 2.24) is 16.0 Å². The molecule has 1 aliphatic rings. The molecule has 0 aliphatic carbocycles. The first-order valence-corrected chi connectivity index (χ1v) is 10.9. The van der Waals surface area contributed by atoms with Crippen molar-refractivity contribution >= 4 is 46.9 Å². The maximum Gasteiger partial charge on any atom is 0.312 e. The van der Waals surface area contributed by atoms with E-state index in [4.69, 9.17) is 11.5 Å². The number of hydrogen-bond acceptors (Lipinski definition) is 7. The predicted octanol–water partition coefficient (Wildman–Crippen LogP) is -1.16. The van der Waals surface area contributed by atoms with Gasteiger partial charge in [-0.25, -0.2) is 9.69 Å². The van der Waals surface area contributed by atoms with Crippen LogP contribution in [0.15, 0.2) is 36.4 Å². The molecule has 1 aromatic carbocycles. The zero-order valence-corrected chi connectivity index (χ0v) is 19.2. The van der Waals surface area contributed by atoms with E-state index in [0.29, 0.717) is 17.8 Å².